The number of para-hydroxylation sites is 2. The van der Waals surface area contributed by atoms with Crippen molar-refractivity contribution >= 4 is 34.1 Å². The Labute approximate surface area is 208 Å². The van der Waals surface area contributed by atoms with Gasteiger partial charge < -0.3 is 4.90 Å². The van der Waals surface area contributed by atoms with E-state index in [1.807, 2.05) is 41.3 Å². The molecule has 2 heterocycles. The first-order valence-corrected chi connectivity index (χ1v) is 12.7. The quantitative estimate of drug-likeness (QED) is 0.295. The fourth-order valence-corrected chi connectivity index (χ4v) is 5.61. The minimum atomic E-state index is 0.0955. The molecule has 0 fully saturated rings. The van der Waals surface area contributed by atoms with Gasteiger partial charge in [0.15, 0.2) is 5.16 Å². The van der Waals surface area contributed by atoms with E-state index >= 15 is 0 Å². The fourth-order valence-electron chi connectivity index (χ4n) is 4.76. The van der Waals surface area contributed by atoms with E-state index in [-0.39, 0.29) is 5.91 Å². The Hall–Kier alpha value is -3.90. The molecule has 6 heteroatoms. The molecule has 0 saturated carbocycles. The van der Waals surface area contributed by atoms with Gasteiger partial charge in [-0.15, -0.1) is 10.2 Å². The van der Waals surface area contributed by atoms with E-state index in [0.29, 0.717) is 12.2 Å². The predicted molar refractivity (Wildman–Crippen MR) is 141 cm³/mol. The molecule has 1 amide bonds. The van der Waals surface area contributed by atoms with Crippen molar-refractivity contribution in [3.05, 3.63) is 114 Å². The van der Waals surface area contributed by atoms with Crippen molar-refractivity contribution in [2.75, 3.05) is 17.2 Å². The number of fused-ring (bicyclic) bond motifs is 2. The van der Waals surface area contributed by atoms with Crippen LogP contribution in [0.15, 0.2) is 102 Å². The Morgan fingerprint density at radius 2 is 1.60 bits per heavy atom. The largest absolute Gasteiger partial charge is 0.311 e. The Morgan fingerprint density at radius 3 is 2.51 bits per heavy atom. The van der Waals surface area contributed by atoms with E-state index in [9.17, 15) is 4.79 Å². The van der Waals surface area contributed by atoms with Crippen molar-refractivity contribution in [1.82, 2.24) is 14.8 Å². The summed E-state index contributed by atoms with van der Waals surface area (Å²) in [5.74, 6) is 1.26. The van der Waals surface area contributed by atoms with Crippen LogP contribution in [0.4, 0.5) is 5.69 Å². The van der Waals surface area contributed by atoms with E-state index in [2.05, 4.69) is 75.4 Å². The molecule has 0 saturated heterocycles. The lowest BCUT2D eigenvalue weighted by Crippen LogP contribution is -2.30. The van der Waals surface area contributed by atoms with Crippen LogP contribution in [0.2, 0.25) is 0 Å². The maximum Gasteiger partial charge on any atom is 0.237 e. The van der Waals surface area contributed by atoms with Crippen molar-refractivity contribution in [1.29, 1.82) is 0 Å². The highest BCUT2D eigenvalue weighted by atomic mass is 32.2. The zero-order valence-corrected chi connectivity index (χ0v) is 20.0. The molecule has 1 aromatic heterocycles. The second kappa shape index (κ2) is 9.39. The number of nitrogens with zero attached hydrogens (tertiary/aromatic N) is 4. The Morgan fingerprint density at radius 1 is 0.829 bits per heavy atom. The number of rotatable bonds is 6. The molecule has 35 heavy (non-hydrogen) atoms. The molecule has 0 N–H and O–H groups in total. The lowest BCUT2D eigenvalue weighted by atomic mass is 10.0. The van der Waals surface area contributed by atoms with Crippen LogP contribution in [0.3, 0.4) is 0 Å². The van der Waals surface area contributed by atoms with Crippen LogP contribution in [-0.4, -0.2) is 33.0 Å². The van der Waals surface area contributed by atoms with Crippen LogP contribution in [0.1, 0.15) is 17.0 Å². The van der Waals surface area contributed by atoms with Gasteiger partial charge >= 0.3 is 0 Å². The van der Waals surface area contributed by atoms with Crippen LogP contribution < -0.4 is 4.90 Å². The van der Waals surface area contributed by atoms with Gasteiger partial charge in [-0.05, 0) is 46.5 Å². The van der Waals surface area contributed by atoms with Gasteiger partial charge in [0.05, 0.1) is 5.75 Å². The standard InChI is InChI=1S/C29H24N4OS/c34-28(32-18-17-22-10-5-7-16-26(22)32)20-35-29-31-30-27(33(29)24-13-2-1-3-14-24)19-23-12-8-11-21-9-4-6-15-25(21)23/h1-16H,17-20H2. The van der Waals surface area contributed by atoms with E-state index in [4.69, 9.17) is 0 Å². The van der Waals surface area contributed by atoms with Crippen LogP contribution in [-0.2, 0) is 17.6 Å². The van der Waals surface area contributed by atoms with Crippen molar-refractivity contribution in [2.45, 2.75) is 18.0 Å². The van der Waals surface area contributed by atoms with E-state index in [1.165, 1.54) is 33.7 Å². The molecular formula is C29H24N4OS. The highest BCUT2D eigenvalue weighted by Gasteiger charge is 2.25. The summed E-state index contributed by atoms with van der Waals surface area (Å²) in [7, 11) is 0. The lowest BCUT2D eigenvalue weighted by molar-refractivity contribution is -0.116. The second-order valence-electron chi connectivity index (χ2n) is 8.60. The molecule has 0 aliphatic carbocycles. The van der Waals surface area contributed by atoms with Gasteiger partial charge in [0.25, 0.3) is 0 Å². The zero-order valence-electron chi connectivity index (χ0n) is 19.2. The molecule has 5 aromatic rings. The van der Waals surface area contributed by atoms with Crippen LogP contribution >= 0.6 is 11.8 Å². The molecular weight excluding hydrogens is 452 g/mol. The molecule has 0 spiro atoms. The highest BCUT2D eigenvalue weighted by molar-refractivity contribution is 7.99. The first-order chi connectivity index (χ1) is 17.3. The fraction of sp³-hybridized carbons (Fsp3) is 0.138. The molecule has 1 aliphatic rings. The number of carbonyl (C=O) groups is 1. The van der Waals surface area contributed by atoms with E-state index in [1.54, 1.807) is 0 Å². The lowest BCUT2D eigenvalue weighted by Gasteiger charge is -2.17. The number of hydrogen-bond donors (Lipinski definition) is 0. The summed E-state index contributed by atoms with van der Waals surface area (Å²) >= 11 is 1.44. The predicted octanol–water partition coefficient (Wildman–Crippen LogP) is 5.69. The van der Waals surface area contributed by atoms with Gasteiger partial charge in [-0.3, -0.25) is 9.36 Å². The minimum Gasteiger partial charge on any atom is -0.311 e. The molecule has 6 rings (SSSR count). The number of thioether (sulfide) groups is 1. The van der Waals surface area contributed by atoms with Gasteiger partial charge in [-0.25, -0.2) is 0 Å². The molecule has 4 aromatic carbocycles. The number of aromatic nitrogens is 3. The number of anilines is 1. The minimum absolute atomic E-state index is 0.0955. The summed E-state index contributed by atoms with van der Waals surface area (Å²) < 4.78 is 2.08. The number of amides is 1. The van der Waals surface area contributed by atoms with Crippen molar-refractivity contribution in [3.63, 3.8) is 0 Å². The SMILES string of the molecule is O=C(CSc1nnc(Cc2cccc3ccccc23)n1-c1ccccc1)N1CCc2ccccc21. The van der Waals surface area contributed by atoms with E-state index < -0.39 is 0 Å². The third-order valence-corrected chi connectivity index (χ3v) is 7.37. The Balaban J connectivity index is 1.29. The van der Waals surface area contributed by atoms with Crippen LogP contribution in [0.5, 0.6) is 0 Å². The molecule has 0 radical (unpaired) electrons. The van der Waals surface area contributed by atoms with Crippen molar-refractivity contribution in [3.8, 4) is 5.69 Å². The summed E-state index contributed by atoms with van der Waals surface area (Å²) in [5, 5.41) is 12.2. The van der Waals surface area contributed by atoms with Gasteiger partial charge in [0.1, 0.15) is 5.82 Å². The summed E-state index contributed by atoms with van der Waals surface area (Å²) in [5.41, 5.74) is 4.46. The maximum atomic E-state index is 13.1. The Kier molecular flexibility index (Phi) is 5.80. The van der Waals surface area contributed by atoms with Gasteiger partial charge in [-0.2, -0.15) is 0 Å². The van der Waals surface area contributed by atoms with Crippen LogP contribution in [0, 0.1) is 0 Å². The summed E-state index contributed by atoms with van der Waals surface area (Å²) in [6.07, 6.45) is 1.55. The first-order valence-electron chi connectivity index (χ1n) is 11.8. The monoisotopic (exact) mass is 476 g/mol. The average Bonchev–Trinajstić information content (AvgIpc) is 3.52. The zero-order chi connectivity index (χ0) is 23.6. The van der Waals surface area contributed by atoms with Gasteiger partial charge in [0, 0.05) is 24.3 Å². The molecule has 5 nitrogen and oxygen atoms in total. The molecule has 172 valence electrons. The summed E-state index contributed by atoms with van der Waals surface area (Å²) in [6, 6.07) is 33.0. The smallest absolute Gasteiger partial charge is 0.237 e. The third-order valence-electron chi connectivity index (χ3n) is 6.46. The molecule has 1 aliphatic heterocycles. The second-order valence-corrected chi connectivity index (χ2v) is 9.54. The Bertz CT molecular complexity index is 1510. The topological polar surface area (TPSA) is 51.0 Å². The molecule has 0 atom stereocenters. The highest BCUT2D eigenvalue weighted by Crippen LogP contribution is 2.30. The van der Waals surface area contributed by atoms with Gasteiger partial charge in [0.2, 0.25) is 5.91 Å². The van der Waals surface area contributed by atoms with E-state index in [0.717, 1.165) is 35.3 Å². The normalized spacial score (nSPS) is 12.7. The number of hydrogen-bond acceptors (Lipinski definition) is 4. The maximum absolute atomic E-state index is 13.1. The van der Waals surface area contributed by atoms with Crippen molar-refractivity contribution < 1.29 is 4.79 Å². The average molecular weight is 477 g/mol. The third kappa shape index (κ3) is 4.21. The molecule has 0 bridgehead atoms. The first kappa shape index (κ1) is 21.6. The number of carbonyl (C=O) groups excluding carboxylic acids is 1. The van der Waals surface area contributed by atoms with Gasteiger partial charge in [-0.1, -0.05) is 90.6 Å². The summed E-state index contributed by atoms with van der Waals surface area (Å²) in [6.45, 7) is 0.733. The van der Waals surface area contributed by atoms with Crippen molar-refractivity contribution in [2.24, 2.45) is 0 Å². The molecule has 0 unspecified atom stereocenters. The van der Waals surface area contributed by atoms with Crippen LogP contribution in [0.25, 0.3) is 16.5 Å². The number of benzene rings is 4. The summed E-state index contributed by atoms with van der Waals surface area (Å²) in [4.78, 5) is 15.0.